The zero-order valence-electron chi connectivity index (χ0n) is 29.3. The van der Waals surface area contributed by atoms with Crippen LogP contribution in [0.1, 0.15) is 107 Å². The van der Waals surface area contributed by atoms with Crippen LogP contribution in [0.25, 0.3) is 0 Å². The Labute approximate surface area is 279 Å². The Kier molecular flexibility index (Phi) is 8.81. The SMILES string of the molecule is C.CC(C)[C@@H](OC(=O)N(C)C)C1C[C@@H](C)C2C(CC3C4CCC5C(C)(C)[C@@H](OC(=O)N6CCOCC6)CCC56C[C@@]46CCC32C)O1. The number of morpholine rings is 1. The first kappa shape index (κ1) is 34.3. The van der Waals surface area contributed by atoms with Gasteiger partial charge in [-0.25, -0.2) is 9.59 Å². The van der Waals surface area contributed by atoms with E-state index in [4.69, 9.17) is 18.9 Å². The highest BCUT2D eigenvalue weighted by molar-refractivity contribution is 5.68. The van der Waals surface area contributed by atoms with E-state index in [1.165, 1.54) is 43.4 Å². The van der Waals surface area contributed by atoms with Crippen molar-refractivity contribution < 1.29 is 28.5 Å². The lowest BCUT2D eigenvalue weighted by molar-refractivity contribution is -0.166. The van der Waals surface area contributed by atoms with Crippen LogP contribution >= 0.6 is 0 Å². The van der Waals surface area contributed by atoms with Gasteiger partial charge in [0.15, 0.2) is 0 Å². The second kappa shape index (κ2) is 11.8. The Morgan fingerprint density at radius 2 is 1.65 bits per heavy atom. The molecule has 7 rings (SSSR count). The van der Waals surface area contributed by atoms with E-state index < -0.39 is 0 Å². The normalized spacial score (nSPS) is 45.9. The molecule has 7 fully saturated rings. The van der Waals surface area contributed by atoms with E-state index in [1.54, 1.807) is 14.1 Å². The molecule has 0 bridgehead atoms. The van der Waals surface area contributed by atoms with Gasteiger partial charge in [-0.1, -0.05) is 49.0 Å². The van der Waals surface area contributed by atoms with Gasteiger partial charge in [-0.05, 0) is 110 Å². The average molecular weight is 645 g/mol. The third-order valence-corrected chi connectivity index (χ3v) is 15.0. The maximum absolute atomic E-state index is 13.1. The quantitative estimate of drug-likeness (QED) is 0.313. The molecule has 46 heavy (non-hydrogen) atoms. The predicted octanol–water partition coefficient (Wildman–Crippen LogP) is 7.64. The molecular formula is C38H64N2O6. The van der Waals surface area contributed by atoms with E-state index in [9.17, 15) is 9.59 Å². The second-order valence-electron chi connectivity index (χ2n) is 17.8. The van der Waals surface area contributed by atoms with Crippen molar-refractivity contribution in [1.29, 1.82) is 0 Å². The Hall–Kier alpha value is -1.54. The molecule has 7 aliphatic rings. The van der Waals surface area contributed by atoms with Crippen LogP contribution in [0.2, 0.25) is 0 Å². The third kappa shape index (κ3) is 4.95. The van der Waals surface area contributed by atoms with Crippen molar-refractivity contribution in [3.63, 3.8) is 0 Å². The number of hydrogen-bond acceptors (Lipinski definition) is 6. The zero-order chi connectivity index (χ0) is 32.1. The summed E-state index contributed by atoms with van der Waals surface area (Å²) in [6.45, 7) is 16.7. The zero-order valence-corrected chi connectivity index (χ0v) is 29.3. The molecular weight excluding hydrogens is 580 g/mol. The van der Waals surface area contributed by atoms with Gasteiger partial charge in [0.1, 0.15) is 12.2 Å². The monoisotopic (exact) mass is 644 g/mol. The largest absolute Gasteiger partial charge is 0.446 e. The number of rotatable bonds is 4. The summed E-state index contributed by atoms with van der Waals surface area (Å²) in [7, 11) is 3.51. The molecule has 0 aromatic rings. The molecule has 0 aromatic heterocycles. The Morgan fingerprint density at radius 1 is 0.935 bits per heavy atom. The van der Waals surface area contributed by atoms with Gasteiger partial charge in [-0.3, -0.25) is 0 Å². The Bertz CT molecular complexity index is 1170. The molecule has 2 aliphatic heterocycles. The number of nitrogens with zero attached hydrogens (tertiary/aromatic N) is 2. The van der Waals surface area contributed by atoms with Gasteiger partial charge in [0.25, 0.3) is 0 Å². The second-order valence-corrected chi connectivity index (χ2v) is 17.8. The molecule has 8 unspecified atom stereocenters. The van der Waals surface area contributed by atoms with Crippen LogP contribution in [-0.2, 0) is 18.9 Å². The third-order valence-electron chi connectivity index (χ3n) is 15.0. The highest BCUT2D eigenvalue weighted by atomic mass is 16.6. The van der Waals surface area contributed by atoms with E-state index in [2.05, 4.69) is 41.5 Å². The highest BCUT2D eigenvalue weighted by Crippen LogP contribution is 2.87. The minimum Gasteiger partial charge on any atom is -0.446 e. The summed E-state index contributed by atoms with van der Waals surface area (Å²) in [5.74, 6) is 3.42. The van der Waals surface area contributed by atoms with E-state index in [0.717, 1.165) is 25.2 Å². The van der Waals surface area contributed by atoms with Crippen molar-refractivity contribution in [2.75, 3.05) is 40.4 Å². The molecule has 5 aliphatic carbocycles. The lowest BCUT2D eigenvalue weighted by Crippen LogP contribution is -2.56. The first-order chi connectivity index (χ1) is 21.2. The van der Waals surface area contributed by atoms with E-state index in [-0.39, 0.29) is 55.4 Å². The van der Waals surface area contributed by atoms with Crippen molar-refractivity contribution >= 4 is 12.2 Å². The minimum atomic E-state index is -0.273. The van der Waals surface area contributed by atoms with Crippen molar-refractivity contribution in [3.05, 3.63) is 0 Å². The van der Waals surface area contributed by atoms with Gasteiger partial charge in [0.2, 0.25) is 0 Å². The number of carbonyl (C=O) groups excluding carboxylic acids is 2. The molecule has 12 atom stereocenters. The summed E-state index contributed by atoms with van der Waals surface area (Å²) >= 11 is 0. The van der Waals surface area contributed by atoms with Crippen LogP contribution in [-0.4, -0.2) is 86.8 Å². The molecule has 5 saturated carbocycles. The van der Waals surface area contributed by atoms with Crippen LogP contribution < -0.4 is 0 Å². The molecule has 2 spiro atoms. The van der Waals surface area contributed by atoms with Crippen molar-refractivity contribution in [2.45, 2.75) is 131 Å². The number of fused-ring (bicyclic) bond motifs is 4. The van der Waals surface area contributed by atoms with Crippen LogP contribution in [0.3, 0.4) is 0 Å². The van der Waals surface area contributed by atoms with Crippen LogP contribution in [0.4, 0.5) is 9.59 Å². The number of amides is 2. The van der Waals surface area contributed by atoms with Crippen molar-refractivity contribution in [2.24, 2.45) is 57.2 Å². The smallest absolute Gasteiger partial charge is 0.410 e. The minimum absolute atomic E-state index is 0. The van der Waals surface area contributed by atoms with Crippen molar-refractivity contribution in [1.82, 2.24) is 9.80 Å². The predicted molar refractivity (Wildman–Crippen MR) is 178 cm³/mol. The number of carbonyl (C=O) groups is 2. The summed E-state index contributed by atoms with van der Waals surface area (Å²) < 4.78 is 24.9. The molecule has 2 amide bonds. The summed E-state index contributed by atoms with van der Waals surface area (Å²) in [5.41, 5.74) is 1.16. The fourth-order valence-corrected chi connectivity index (χ4v) is 13.1. The molecule has 8 nitrogen and oxygen atoms in total. The maximum Gasteiger partial charge on any atom is 0.410 e. The van der Waals surface area contributed by atoms with Crippen LogP contribution in [0, 0.1) is 57.2 Å². The first-order valence-corrected chi connectivity index (χ1v) is 18.3. The molecule has 8 heteroatoms. The van der Waals surface area contributed by atoms with Gasteiger partial charge in [-0.15, -0.1) is 0 Å². The lowest BCUT2D eigenvalue weighted by Gasteiger charge is -2.59. The maximum atomic E-state index is 13.1. The summed E-state index contributed by atoms with van der Waals surface area (Å²) in [4.78, 5) is 29.1. The molecule has 0 radical (unpaired) electrons. The molecule has 0 N–H and O–H groups in total. The summed E-state index contributed by atoms with van der Waals surface area (Å²) in [6, 6.07) is 0. The van der Waals surface area contributed by atoms with Gasteiger partial charge in [0.05, 0.1) is 25.4 Å². The topological polar surface area (TPSA) is 77.5 Å². The summed E-state index contributed by atoms with van der Waals surface area (Å²) in [5, 5.41) is 0. The standard InChI is InChI=1S/C37H60N2O6.CH4/c1-22(2)31(45-32(40)38(7)8)27-19-23(3)30-26(43-27)20-25-24-9-10-28-34(4,5)29(44-33(41)39-15-17-42-18-16-39)11-12-37(28)21-36(24,37)14-13-35(25,30)6;/h22-31H,9-21H2,1-8H3;1H4/t23-,24?,25?,26?,27?,28?,29+,30?,31-,35?,36+,37?;/m1./s1. The van der Waals surface area contributed by atoms with Gasteiger partial charge in [-0.2, -0.15) is 0 Å². The molecule has 2 saturated heterocycles. The van der Waals surface area contributed by atoms with Gasteiger partial charge < -0.3 is 28.7 Å². The Balaban J connectivity index is 0.00000372. The Morgan fingerprint density at radius 3 is 2.33 bits per heavy atom. The van der Waals surface area contributed by atoms with E-state index in [0.29, 0.717) is 66.2 Å². The fraction of sp³-hybridized carbons (Fsp3) is 0.947. The van der Waals surface area contributed by atoms with Crippen molar-refractivity contribution in [3.8, 4) is 0 Å². The van der Waals surface area contributed by atoms with Crippen LogP contribution in [0.15, 0.2) is 0 Å². The molecule has 2 heterocycles. The molecule has 0 aromatic carbocycles. The van der Waals surface area contributed by atoms with E-state index in [1.807, 2.05) is 4.90 Å². The first-order valence-electron chi connectivity index (χ1n) is 18.3. The average Bonchev–Trinajstić information content (AvgIpc) is 3.56. The highest BCUT2D eigenvalue weighted by Gasteiger charge is 2.81. The fourth-order valence-electron chi connectivity index (χ4n) is 13.1. The van der Waals surface area contributed by atoms with Gasteiger partial charge >= 0.3 is 12.2 Å². The molecule has 262 valence electrons. The number of hydrogen-bond donors (Lipinski definition) is 0. The van der Waals surface area contributed by atoms with Crippen LogP contribution in [0.5, 0.6) is 0 Å². The van der Waals surface area contributed by atoms with Gasteiger partial charge in [0, 0.05) is 32.6 Å². The lowest BCUT2D eigenvalue weighted by atomic mass is 9.46. The summed E-state index contributed by atoms with van der Waals surface area (Å²) in [6.07, 6.45) is 10.5. The van der Waals surface area contributed by atoms with E-state index >= 15 is 0 Å². The number of ether oxygens (including phenoxy) is 4.